The molecule has 1 fully saturated rings. The molecule has 0 spiro atoms. The summed E-state index contributed by atoms with van der Waals surface area (Å²) >= 11 is 0. The highest BCUT2D eigenvalue weighted by Crippen LogP contribution is 2.32. The fraction of sp³-hybridized carbons (Fsp3) is 0.800. The van der Waals surface area contributed by atoms with E-state index in [1.165, 1.54) is 0 Å². The van der Waals surface area contributed by atoms with Crippen LogP contribution in [0.5, 0.6) is 0 Å². The number of ether oxygens (including phenoxy) is 1. The Morgan fingerprint density at radius 1 is 1.39 bits per heavy atom. The van der Waals surface area contributed by atoms with Crippen molar-refractivity contribution in [1.82, 2.24) is 14.7 Å². The number of halogens is 3. The van der Waals surface area contributed by atoms with Gasteiger partial charge in [-0.2, -0.15) is 18.3 Å². The summed E-state index contributed by atoms with van der Waals surface area (Å²) < 4.78 is 42.7. The molecular formula is C15H24F3N3O2. The fourth-order valence-electron chi connectivity index (χ4n) is 2.91. The van der Waals surface area contributed by atoms with Gasteiger partial charge in [0.05, 0.1) is 12.8 Å². The van der Waals surface area contributed by atoms with Crippen LogP contribution in [0.3, 0.4) is 0 Å². The van der Waals surface area contributed by atoms with Gasteiger partial charge in [-0.25, -0.2) is 0 Å². The number of alkyl halides is 3. The smallest absolute Gasteiger partial charge is 0.396 e. The van der Waals surface area contributed by atoms with Gasteiger partial charge in [-0.3, -0.25) is 4.68 Å². The molecule has 0 bridgehead atoms. The molecule has 0 radical (unpaired) electrons. The molecule has 2 heterocycles. The molecule has 0 saturated carbocycles. The second-order valence-electron chi connectivity index (χ2n) is 6.32. The Balaban J connectivity index is 1.87. The summed E-state index contributed by atoms with van der Waals surface area (Å²) in [5.41, 5.74) is 1.07. The van der Waals surface area contributed by atoms with Crippen LogP contribution in [0.2, 0.25) is 0 Å². The first-order valence-corrected chi connectivity index (χ1v) is 7.82. The van der Waals surface area contributed by atoms with E-state index in [9.17, 15) is 18.3 Å². The quantitative estimate of drug-likeness (QED) is 0.775. The summed E-state index contributed by atoms with van der Waals surface area (Å²) in [6, 6.07) is 0.268. The van der Waals surface area contributed by atoms with E-state index in [0.717, 1.165) is 5.56 Å². The van der Waals surface area contributed by atoms with Crippen LogP contribution in [-0.2, 0) is 4.74 Å². The van der Waals surface area contributed by atoms with Crippen LogP contribution in [0.1, 0.15) is 31.4 Å². The lowest BCUT2D eigenvalue weighted by molar-refractivity contribution is -0.174. The molecule has 0 aliphatic carbocycles. The molecule has 23 heavy (non-hydrogen) atoms. The summed E-state index contributed by atoms with van der Waals surface area (Å²) in [5, 5.41) is 13.9. The van der Waals surface area contributed by atoms with Crippen LogP contribution in [-0.4, -0.2) is 65.4 Å². The molecular weight excluding hydrogens is 311 g/mol. The van der Waals surface area contributed by atoms with Crippen LogP contribution in [0, 0.1) is 5.92 Å². The molecule has 0 unspecified atom stereocenters. The number of aliphatic hydroxyl groups excluding tert-OH is 1. The van der Waals surface area contributed by atoms with E-state index in [-0.39, 0.29) is 31.1 Å². The first-order valence-electron chi connectivity index (χ1n) is 7.82. The summed E-state index contributed by atoms with van der Waals surface area (Å²) in [7, 11) is 0. The number of rotatable bonds is 7. The first-order chi connectivity index (χ1) is 10.8. The van der Waals surface area contributed by atoms with Crippen molar-refractivity contribution >= 4 is 0 Å². The van der Waals surface area contributed by atoms with Gasteiger partial charge >= 0.3 is 6.18 Å². The minimum absolute atomic E-state index is 0.0373. The van der Waals surface area contributed by atoms with E-state index in [1.807, 2.05) is 35.8 Å². The molecule has 1 aliphatic heterocycles. The number of aliphatic hydroxyl groups is 1. The Hall–Kier alpha value is -1.12. The Morgan fingerprint density at radius 2 is 2.13 bits per heavy atom. The summed E-state index contributed by atoms with van der Waals surface area (Å²) in [6.07, 6.45) is -0.481. The van der Waals surface area contributed by atoms with Gasteiger partial charge in [0, 0.05) is 50.3 Å². The molecule has 2 atom stereocenters. The Morgan fingerprint density at radius 3 is 2.70 bits per heavy atom. The van der Waals surface area contributed by atoms with E-state index in [0.29, 0.717) is 19.6 Å². The topological polar surface area (TPSA) is 50.5 Å². The van der Waals surface area contributed by atoms with Crippen molar-refractivity contribution < 1.29 is 23.0 Å². The highest BCUT2D eigenvalue weighted by molar-refractivity contribution is 5.16. The van der Waals surface area contributed by atoms with Gasteiger partial charge in [0.1, 0.15) is 6.61 Å². The lowest BCUT2D eigenvalue weighted by atomic mass is 9.92. The van der Waals surface area contributed by atoms with Crippen molar-refractivity contribution in [2.75, 3.05) is 39.5 Å². The maximum Gasteiger partial charge on any atom is 0.411 e. The van der Waals surface area contributed by atoms with Crippen molar-refractivity contribution in [2.24, 2.45) is 5.92 Å². The Kier molecular flexibility index (Phi) is 6.05. The molecule has 1 N–H and O–H groups in total. The van der Waals surface area contributed by atoms with E-state index in [1.54, 1.807) is 0 Å². The van der Waals surface area contributed by atoms with Crippen molar-refractivity contribution in [3.05, 3.63) is 18.0 Å². The summed E-state index contributed by atoms with van der Waals surface area (Å²) in [4.78, 5) is 2.04. The van der Waals surface area contributed by atoms with Crippen LogP contribution in [0.25, 0.3) is 0 Å². The van der Waals surface area contributed by atoms with Crippen LogP contribution in [0.15, 0.2) is 12.4 Å². The molecule has 0 amide bonds. The second-order valence-corrected chi connectivity index (χ2v) is 6.32. The van der Waals surface area contributed by atoms with Crippen molar-refractivity contribution in [3.8, 4) is 0 Å². The van der Waals surface area contributed by atoms with Crippen LogP contribution >= 0.6 is 0 Å². The third-order valence-corrected chi connectivity index (χ3v) is 4.15. The molecule has 0 aromatic carbocycles. The Labute approximate surface area is 134 Å². The number of likely N-dealkylation sites (tertiary alicyclic amines) is 1. The molecule has 1 aliphatic rings. The van der Waals surface area contributed by atoms with Gasteiger partial charge in [-0.1, -0.05) is 0 Å². The van der Waals surface area contributed by atoms with Gasteiger partial charge in [-0.05, 0) is 19.4 Å². The summed E-state index contributed by atoms with van der Waals surface area (Å²) in [5.74, 6) is 0.220. The number of aromatic nitrogens is 2. The normalized spacial score (nSPS) is 23.1. The third kappa shape index (κ3) is 5.19. The number of hydrogen-bond acceptors (Lipinski definition) is 4. The Bertz CT molecular complexity index is 491. The monoisotopic (exact) mass is 335 g/mol. The predicted molar refractivity (Wildman–Crippen MR) is 79.2 cm³/mol. The molecule has 1 aromatic rings. The standard InChI is InChI=1S/C15H24F3N3O2/c1-11(2)21-7-12(5-19-21)14-8-20(6-13(14)9-22)3-4-23-10-15(16,17)18/h5,7,11,13-14,22H,3-4,6,8-10H2,1-2H3/t13-,14-/m0/s1. The van der Waals surface area contributed by atoms with Crippen molar-refractivity contribution in [2.45, 2.75) is 32.0 Å². The van der Waals surface area contributed by atoms with E-state index in [4.69, 9.17) is 0 Å². The second kappa shape index (κ2) is 7.63. The predicted octanol–water partition coefficient (Wildman–Crippen LogP) is 2.05. The lowest BCUT2D eigenvalue weighted by Gasteiger charge is -2.16. The van der Waals surface area contributed by atoms with Crippen LogP contribution < -0.4 is 0 Å². The highest BCUT2D eigenvalue weighted by atomic mass is 19.4. The van der Waals surface area contributed by atoms with Gasteiger partial charge in [0.25, 0.3) is 0 Å². The SMILES string of the molecule is CC(C)n1cc([C@@H]2CN(CCOCC(F)(F)F)C[C@H]2CO)cn1. The molecule has 1 saturated heterocycles. The number of hydrogen-bond donors (Lipinski definition) is 1. The van der Waals surface area contributed by atoms with E-state index >= 15 is 0 Å². The average Bonchev–Trinajstić information content (AvgIpc) is 3.08. The number of nitrogens with zero attached hydrogens (tertiary/aromatic N) is 3. The van der Waals surface area contributed by atoms with Gasteiger partial charge in [0.15, 0.2) is 0 Å². The largest absolute Gasteiger partial charge is 0.411 e. The van der Waals surface area contributed by atoms with Crippen molar-refractivity contribution in [1.29, 1.82) is 0 Å². The maximum atomic E-state index is 12.0. The molecule has 5 nitrogen and oxygen atoms in total. The summed E-state index contributed by atoms with van der Waals surface area (Å²) in [6.45, 7) is 4.75. The maximum absolute atomic E-state index is 12.0. The molecule has 8 heteroatoms. The van der Waals surface area contributed by atoms with Crippen molar-refractivity contribution in [3.63, 3.8) is 0 Å². The minimum atomic E-state index is -4.29. The molecule has 2 rings (SSSR count). The fourth-order valence-corrected chi connectivity index (χ4v) is 2.91. The average molecular weight is 335 g/mol. The van der Waals surface area contributed by atoms with Gasteiger partial charge < -0.3 is 14.7 Å². The first kappa shape index (κ1) is 18.2. The lowest BCUT2D eigenvalue weighted by Crippen LogP contribution is -2.27. The van der Waals surface area contributed by atoms with Gasteiger partial charge in [0.2, 0.25) is 0 Å². The highest BCUT2D eigenvalue weighted by Gasteiger charge is 2.34. The zero-order chi connectivity index (χ0) is 17.0. The minimum Gasteiger partial charge on any atom is -0.396 e. The van der Waals surface area contributed by atoms with Crippen LogP contribution in [0.4, 0.5) is 13.2 Å². The third-order valence-electron chi connectivity index (χ3n) is 4.15. The van der Waals surface area contributed by atoms with E-state index < -0.39 is 12.8 Å². The zero-order valence-corrected chi connectivity index (χ0v) is 13.5. The molecule has 1 aromatic heterocycles. The van der Waals surface area contributed by atoms with E-state index in [2.05, 4.69) is 9.84 Å². The van der Waals surface area contributed by atoms with Gasteiger partial charge in [-0.15, -0.1) is 0 Å². The molecule has 132 valence electrons. The zero-order valence-electron chi connectivity index (χ0n) is 13.5.